The molecule has 1 aromatic heterocycles. The molecular weight excluding hydrogens is 386 g/mol. The molecule has 2 aromatic carbocycles. The molecule has 3 rings (SSSR count). The molecule has 0 saturated heterocycles. The Morgan fingerprint density at radius 1 is 1.20 bits per heavy atom. The molecule has 1 amide bonds. The minimum Gasteiger partial charge on any atom is -0.497 e. The molecule has 0 aliphatic carbocycles. The van der Waals surface area contributed by atoms with Crippen LogP contribution in [0.2, 0.25) is 0 Å². The molecule has 3 aromatic rings. The van der Waals surface area contributed by atoms with Gasteiger partial charge >= 0.3 is 0 Å². The maximum absolute atomic E-state index is 12.4. The van der Waals surface area contributed by atoms with Crippen LogP contribution in [0.5, 0.6) is 5.75 Å². The fourth-order valence-corrected chi connectivity index (χ4v) is 2.71. The number of hydrogen-bond acceptors (Lipinski definition) is 5. The zero-order valence-electron chi connectivity index (χ0n) is 13.7. The SMILES string of the molecule is COc1ccc(-c2noc([C@H](C)NC(=O)c3ccccc3Br)n2)cc1. The zero-order valence-corrected chi connectivity index (χ0v) is 15.3. The van der Waals surface area contributed by atoms with Crippen LogP contribution in [-0.4, -0.2) is 23.2 Å². The van der Waals surface area contributed by atoms with E-state index < -0.39 is 6.04 Å². The molecule has 0 fully saturated rings. The van der Waals surface area contributed by atoms with Gasteiger partial charge in [-0.1, -0.05) is 17.3 Å². The minimum absolute atomic E-state index is 0.218. The topological polar surface area (TPSA) is 77.3 Å². The highest BCUT2D eigenvalue weighted by Gasteiger charge is 2.19. The van der Waals surface area contributed by atoms with Gasteiger partial charge in [0.1, 0.15) is 11.8 Å². The number of ether oxygens (including phenoxy) is 1. The van der Waals surface area contributed by atoms with Crippen LogP contribution in [-0.2, 0) is 0 Å². The summed E-state index contributed by atoms with van der Waals surface area (Å²) >= 11 is 3.37. The number of carbonyl (C=O) groups excluding carboxylic acids is 1. The Morgan fingerprint density at radius 2 is 1.92 bits per heavy atom. The zero-order chi connectivity index (χ0) is 17.8. The smallest absolute Gasteiger partial charge is 0.253 e. The lowest BCUT2D eigenvalue weighted by molar-refractivity contribution is 0.0931. The lowest BCUT2D eigenvalue weighted by atomic mass is 10.2. The van der Waals surface area contributed by atoms with Crippen LogP contribution in [0.15, 0.2) is 57.5 Å². The molecule has 0 aliphatic heterocycles. The van der Waals surface area contributed by atoms with Crippen LogP contribution in [0.1, 0.15) is 29.2 Å². The van der Waals surface area contributed by atoms with Gasteiger partial charge in [-0.05, 0) is 59.3 Å². The summed E-state index contributed by atoms with van der Waals surface area (Å²) in [5.41, 5.74) is 1.35. The fraction of sp³-hybridized carbons (Fsp3) is 0.167. The monoisotopic (exact) mass is 401 g/mol. The molecule has 0 spiro atoms. The fourth-order valence-electron chi connectivity index (χ4n) is 2.25. The number of nitrogens with zero attached hydrogens (tertiary/aromatic N) is 2. The van der Waals surface area contributed by atoms with E-state index in [0.29, 0.717) is 17.3 Å². The average Bonchev–Trinajstić information content (AvgIpc) is 3.12. The highest BCUT2D eigenvalue weighted by atomic mass is 79.9. The number of hydrogen-bond donors (Lipinski definition) is 1. The number of amides is 1. The Kier molecular flexibility index (Phi) is 5.14. The molecule has 1 N–H and O–H groups in total. The summed E-state index contributed by atoms with van der Waals surface area (Å²) in [4.78, 5) is 16.7. The Hall–Kier alpha value is -2.67. The summed E-state index contributed by atoms with van der Waals surface area (Å²) in [6.07, 6.45) is 0. The standard InChI is InChI=1S/C18H16BrN3O3/c1-11(20-17(23)14-5-3-4-6-15(14)19)18-21-16(22-25-18)12-7-9-13(24-2)10-8-12/h3-11H,1-2H3,(H,20,23)/t11-/m0/s1. The number of carbonyl (C=O) groups is 1. The van der Waals surface area contributed by atoms with Crippen LogP contribution in [0.4, 0.5) is 0 Å². The van der Waals surface area contributed by atoms with Crippen molar-refractivity contribution in [1.29, 1.82) is 0 Å². The van der Waals surface area contributed by atoms with Crippen molar-refractivity contribution in [2.45, 2.75) is 13.0 Å². The third-order valence-corrected chi connectivity index (χ3v) is 4.32. The van der Waals surface area contributed by atoms with Crippen LogP contribution in [0.3, 0.4) is 0 Å². The number of halogens is 1. The van der Waals surface area contributed by atoms with Gasteiger partial charge < -0.3 is 14.6 Å². The quantitative estimate of drug-likeness (QED) is 0.698. The van der Waals surface area contributed by atoms with Crippen molar-refractivity contribution in [2.24, 2.45) is 0 Å². The summed E-state index contributed by atoms with van der Waals surface area (Å²) in [6, 6.07) is 14.1. The maximum atomic E-state index is 12.4. The lowest BCUT2D eigenvalue weighted by Gasteiger charge is -2.10. The van der Waals surface area contributed by atoms with Crippen LogP contribution >= 0.6 is 15.9 Å². The van der Waals surface area contributed by atoms with Crippen molar-refractivity contribution in [2.75, 3.05) is 7.11 Å². The van der Waals surface area contributed by atoms with E-state index in [1.54, 1.807) is 26.2 Å². The first-order valence-corrected chi connectivity index (χ1v) is 8.41. The van der Waals surface area contributed by atoms with E-state index >= 15 is 0 Å². The second kappa shape index (κ2) is 7.48. The molecule has 0 aliphatic rings. The van der Waals surface area contributed by atoms with Gasteiger partial charge in [0.05, 0.1) is 12.7 Å². The van der Waals surface area contributed by atoms with Crippen molar-refractivity contribution < 1.29 is 14.1 Å². The molecule has 1 atom stereocenters. The molecule has 0 radical (unpaired) electrons. The second-order valence-corrected chi connectivity index (χ2v) is 6.21. The highest BCUT2D eigenvalue weighted by Crippen LogP contribution is 2.22. The van der Waals surface area contributed by atoms with Gasteiger partial charge in [-0.2, -0.15) is 4.98 Å². The van der Waals surface area contributed by atoms with Crippen LogP contribution < -0.4 is 10.1 Å². The van der Waals surface area contributed by atoms with E-state index in [0.717, 1.165) is 15.8 Å². The van der Waals surface area contributed by atoms with Crippen molar-refractivity contribution in [1.82, 2.24) is 15.5 Å². The molecule has 1 heterocycles. The third-order valence-electron chi connectivity index (χ3n) is 3.63. The Morgan fingerprint density at radius 3 is 2.60 bits per heavy atom. The van der Waals surface area contributed by atoms with Gasteiger partial charge in [-0.3, -0.25) is 4.79 Å². The van der Waals surface area contributed by atoms with Gasteiger partial charge in [0.15, 0.2) is 0 Å². The van der Waals surface area contributed by atoms with E-state index in [2.05, 4.69) is 31.4 Å². The second-order valence-electron chi connectivity index (χ2n) is 5.36. The summed E-state index contributed by atoms with van der Waals surface area (Å²) in [7, 11) is 1.61. The summed E-state index contributed by atoms with van der Waals surface area (Å²) < 4.78 is 11.1. The molecule has 25 heavy (non-hydrogen) atoms. The molecule has 0 saturated carbocycles. The lowest BCUT2D eigenvalue weighted by Crippen LogP contribution is -2.27. The predicted molar refractivity (Wildman–Crippen MR) is 96.3 cm³/mol. The Balaban J connectivity index is 1.73. The Bertz CT molecular complexity index is 877. The van der Waals surface area contributed by atoms with Crippen LogP contribution in [0, 0.1) is 0 Å². The number of aromatic nitrogens is 2. The van der Waals surface area contributed by atoms with Crippen molar-refractivity contribution >= 4 is 21.8 Å². The minimum atomic E-state index is -0.417. The molecular formula is C18H16BrN3O3. The molecule has 0 bridgehead atoms. The predicted octanol–water partition coefficient (Wildman–Crippen LogP) is 4.00. The van der Waals surface area contributed by atoms with Crippen molar-refractivity contribution in [3.05, 3.63) is 64.5 Å². The van der Waals surface area contributed by atoms with E-state index in [1.807, 2.05) is 36.4 Å². The van der Waals surface area contributed by atoms with E-state index in [4.69, 9.17) is 9.26 Å². The first-order valence-electron chi connectivity index (χ1n) is 7.62. The van der Waals surface area contributed by atoms with E-state index in [9.17, 15) is 4.79 Å². The molecule has 7 heteroatoms. The van der Waals surface area contributed by atoms with Gasteiger partial charge in [0.25, 0.3) is 5.91 Å². The number of benzene rings is 2. The summed E-state index contributed by atoms with van der Waals surface area (Å²) in [5, 5.41) is 6.82. The maximum Gasteiger partial charge on any atom is 0.253 e. The normalized spacial score (nSPS) is 11.8. The molecule has 6 nitrogen and oxygen atoms in total. The number of nitrogens with one attached hydrogen (secondary N) is 1. The summed E-state index contributed by atoms with van der Waals surface area (Å²) in [5.74, 6) is 1.33. The Labute approximate surface area is 153 Å². The molecule has 0 unspecified atom stereocenters. The third kappa shape index (κ3) is 3.88. The van der Waals surface area contributed by atoms with E-state index in [-0.39, 0.29) is 5.91 Å². The average molecular weight is 402 g/mol. The van der Waals surface area contributed by atoms with Gasteiger partial charge in [0, 0.05) is 10.0 Å². The van der Waals surface area contributed by atoms with Gasteiger partial charge in [-0.25, -0.2) is 0 Å². The molecule has 128 valence electrons. The van der Waals surface area contributed by atoms with Gasteiger partial charge in [0.2, 0.25) is 11.7 Å². The highest BCUT2D eigenvalue weighted by molar-refractivity contribution is 9.10. The first-order chi connectivity index (χ1) is 12.1. The number of methoxy groups -OCH3 is 1. The van der Waals surface area contributed by atoms with E-state index in [1.165, 1.54) is 0 Å². The van der Waals surface area contributed by atoms with Crippen molar-refractivity contribution in [3.63, 3.8) is 0 Å². The van der Waals surface area contributed by atoms with Gasteiger partial charge in [-0.15, -0.1) is 0 Å². The largest absolute Gasteiger partial charge is 0.497 e. The number of rotatable bonds is 5. The first kappa shape index (κ1) is 17.2. The van der Waals surface area contributed by atoms with Crippen LogP contribution in [0.25, 0.3) is 11.4 Å². The van der Waals surface area contributed by atoms with Crippen molar-refractivity contribution in [3.8, 4) is 17.1 Å². The summed E-state index contributed by atoms with van der Waals surface area (Å²) in [6.45, 7) is 1.79.